The Labute approximate surface area is 84.8 Å². The fourth-order valence-electron chi connectivity index (χ4n) is 2.05. The Morgan fingerprint density at radius 1 is 1.64 bits per heavy atom. The third-order valence-corrected chi connectivity index (χ3v) is 2.74. The van der Waals surface area contributed by atoms with Crippen LogP contribution in [-0.2, 0) is 9.53 Å². The molecule has 0 radical (unpaired) electrons. The molecule has 4 nitrogen and oxygen atoms in total. The molecule has 1 fully saturated rings. The Morgan fingerprint density at radius 3 is 2.79 bits per heavy atom. The highest BCUT2D eigenvalue weighted by Gasteiger charge is 2.36. The molecule has 1 saturated heterocycles. The SMILES string of the molecule is COC(=O)CN1CCCC1C(C)(C)O. The van der Waals surface area contributed by atoms with Crippen LogP contribution < -0.4 is 0 Å². The van der Waals surface area contributed by atoms with Gasteiger partial charge in [0.15, 0.2) is 0 Å². The summed E-state index contributed by atoms with van der Waals surface area (Å²) in [5.74, 6) is -0.235. The molecule has 0 spiro atoms. The number of ether oxygens (including phenoxy) is 1. The summed E-state index contributed by atoms with van der Waals surface area (Å²) in [4.78, 5) is 13.1. The molecular weight excluding hydrogens is 182 g/mol. The molecule has 1 aliphatic heterocycles. The highest BCUT2D eigenvalue weighted by atomic mass is 16.5. The Bertz CT molecular complexity index is 210. The molecule has 0 amide bonds. The lowest BCUT2D eigenvalue weighted by Gasteiger charge is -2.32. The number of carbonyl (C=O) groups is 1. The molecule has 0 bridgehead atoms. The van der Waals surface area contributed by atoms with Crippen molar-refractivity contribution >= 4 is 5.97 Å². The number of rotatable bonds is 3. The van der Waals surface area contributed by atoms with Crippen LogP contribution in [0.3, 0.4) is 0 Å². The van der Waals surface area contributed by atoms with Crippen LogP contribution in [0.15, 0.2) is 0 Å². The van der Waals surface area contributed by atoms with E-state index in [9.17, 15) is 9.90 Å². The van der Waals surface area contributed by atoms with Gasteiger partial charge in [-0.3, -0.25) is 9.69 Å². The highest BCUT2D eigenvalue weighted by Crippen LogP contribution is 2.26. The molecule has 0 aromatic carbocycles. The maximum absolute atomic E-state index is 11.1. The smallest absolute Gasteiger partial charge is 0.319 e. The topological polar surface area (TPSA) is 49.8 Å². The molecule has 0 aromatic heterocycles. The van der Waals surface area contributed by atoms with Gasteiger partial charge in [0.2, 0.25) is 0 Å². The fraction of sp³-hybridized carbons (Fsp3) is 0.900. The summed E-state index contributed by atoms with van der Waals surface area (Å²) in [6.45, 7) is 4.72. The van der Waals surface area contributed by atoms with Crippen molar-refractivity contribution in [2.75, 3.05) is 20.2 Å². The third-order valence-electron chi connectivity index (χ3n) is 2.74. The van der Waals surface area contributed by atoms with Gasteiger partial charge in [-0.05, 0) is 33.2 Å². The molecule has 1 heterocycles. The number of likely N-dealkylation sites (tertiary alicyclic amines) is 1. The van der Waals surface area contributed by atoms with E-state index >= 15 is 0 Å². The van der Waals surface area contributed by atoms with E-state index in [1.165, 1.54) is 7.11 Å². The van der Waals surface area contributed by atoms with E-state index in [1.54, 1.807) is 13.8 Å². The summed E-state index contributed by atoms with van der Waals surface area (Å²) in [5.41, 5.74) is -0.746. The first-order valence-corrected chi connectivity index (χ1v) is 4.98. The number of aliphatic hydroxyl groups is 1. The van der Waals surface area contributed by atoms with Crippen molar-refractivity contribution in [1.82, 2.24) is 4.90 Å². The summed E-state index contributed by atoms with van der Waals surface area (Å²) in [5, 5.41) is 9.88. The van der Waals surface area contributed by atoms with E-state index in [-0.39, 0.29) is 18.6 Å². The number of nitrogens with zero attached hydrogens (tertiary/aromatic N) is 1. The molecular formula is C10H19NO3. The zero-order chi connectivity index (χ0) is 10.8. The predicted octanol–water partition coefficient (Wildman–Crippen LogP) is 0.395. The summed E-state index contributed by atoms with van der Waals surface area (Å²) in [7, 11) is 1.39. The van der Waals surface area contributed by atoms with Gasteiger partial charge in [0.25, 0.3) is 0 Å². The van der Waals surface area contributed by atoms with Gasteiger partial charge in [0.05, 0.1) is 19.3 Å². The molecule has 1 atom stereocenters. The molecule has 1 rings (SSSR count). The molecule has 1 aliphatic rings. The fourth-order valence-corrected chi connectivity index (χ4v) is 2.05. The Kier molecular flexibility index (Phi) is 3.50. The van der Waals surface area contributed by atoms with Gasteiger partial charge in [-0.1, -0.05) is 0 Å². The minimum atomic E-state index is -0.746. The zero-order valence-corrected chi connectivity index (χ0v) is 9.12. The summed E-state index contributed by atoms with van der Waals surface area (Å²) in [6, 6.07) is 0.0709. The summed E-state index contributed by atoms with van der Waals surface area (Å²) < 4.78 is 4.61. The highest BCUT2D eigenvalue weighted by molar-refractivity contribution is 5.71. The molecule has 0 aliphatic carbocycles. The average Bonchev–Trinajstić information content (AvgIpc) is 2.51. The van der Waals surface area contributed by atoms with Gasteiger partial charge in [-0.2, -0.15) is 0 Å². The number of methoxy groups -OCH3 is 1. The maximum atomic E-state index is 11.1. The van der Waals surface area contributed by atoms with Crippen LogP contribution in [-0.4, -0.2) is 47.8 Å². The zero-order valence-electron chi connectivity index (χ0n) is 9.12. The van der Waals surface area contributed by atoms with E-state index in [1.807, 2.05) is 4.90 Å². The van der Waals surface area contributed by atoms with Crippen LogP contribution in [0.4, 0.5) is 0 Å². The molecule has 0 aromatic rings. The minimum Gasteiger partial charge on any atom is -0.468 e. The lowest BCUT2D eigenvalue weighted by molar-refractivity contribution is -0.143. The van der Waals surface area contributed by atoms with Crippen molar-refractivity contribution in [3.8, 4) is 0 Å². The summed E-state index contributed by atoms with van der Waals surface area (Å²) >= 11 is 0. The van der Waals surface area contributed by atoms with E-state index in [0.717, 1.165) is 19.4 Å². The van der Waals surface area contributed by atoms with E-state index in [2.05, 4.69) is 4.74 Å². The van der Waals surface area contributed by atoms with Crippen LogP contribution in [0, 0.1) is 0 Å². The lowest BCUT2D eigenvalue weighted by atomic mass is 9.97. The van der Waals surface area contributed by atoms with E-state index in [4.69, 9.17) is 0 Å². The minimum absolute atomic E-state index is 0.0709. The van der Waals surface area contributed by atoms with Gasteiger partial charge >= 0.3 is 5.97 Å². The normalized spacial score (nSPS) is 23.9. The van der Waals surface area contributed by atoms with Crippen molar-refractivity contribution < 1.29 is 14.6 Å². The number of hydrogen-bond acceptors (Lipinski definition) is 4. The maximum Gasteiger partial charge on any atom is 0.319 e. The van der Waals surface area contributed by atoms with E-state index < -0.39 is 5.60 Å². The van der Waals surface area contributed by atoms with Gasteiger partial charge in [0, 0.05) is 6.04 Å². The van der Waals surface area contributed by atoms with Crippen molar-refractivity contribution in [3.05, 3.63) is 0 Å². The van der Waals surface area contributed by atoms with Crippen molar-refractivity contribution in [3.63, 3.8) is 0 Å². The van der Waals surface area contributed by atoms with Crippen molar-refractivity contribution in [2.24, 2.45) is 0 Å². The van der Waals surface area contributed by atoms with Gasteiger partial charge < -0.3 is 9.84 Å². The molecule has 1 N–H and O–H groups in total. The average molecular weight is 201 g/mol. The summed E-state index contributed by atoms with van der Waals surface area (Å²) in [6.07, 6.45) is 1.98. The largest absolute Gasteiger partial charge is 0.468 e. The Hall–Kier alpha value is -0.610. The van der Waals surface area contributed by atoms with Crippen LogP contribution >= 0.6 is 0 Å². The first kappa shape index (κ1) is 11.5. The predicted molar refractivity (Wildman–Crippen MR) is 52.9 cm³/mol. The van der Waals surface area contributed by atoms with Crippen LogP contribution in [0.1, 0.15) is 26.7 Å². The van der Waals surface area contributed by atoms with Crippen molar-refractivity contribution in [1.29, 1.82) is 0 Å². The molecule has 0 saturated carbocycles. The van der Waals surface area contributed by atoms with Crippen LogP contribution in [0.2, 0.25) is 0 Å². The number of esters is 1. The second-order valence-electron chi connectivity index (χ2n) is 4.36. The second kappa shape index (κ2) is 4.28. The van der Waals surface area contributed by atoms with Gasteiger partial charge in [-0.15, -0.1) is 0 Å². The lowest BCUT2D eigenvalue weighted by Crippen LogP contribution is -2.47. The standard InChI is InChI=1S/C10H19NO3/c1-10(2,13)8-5-4-6-11(8)7-9(12)14-3/h8,13H,4-7H2,1-3H3. The monoisotopic (exact) mass is 201 g/mol. The first-order valence-electron chi connectivity index (χ1n) is 4.98. The van der Waals surface area contributed by atoms with E-state index in [0.29, 0.717) is 0 Å². The molecule has 4 heteroatoms. The second-order valence-corrected chi connectivity index (χ2v) is 4.36. The van der Waals surface area contributed by atoms with Crippen LogP contribution in [0.5, 0.6) is 0 Å². The van der Waals surface area contributed by atoms with Crippen LogP contribution in [0.25, 0.3) is 0 Å². The third kappa shape index (κ3) is 2.69. The number of hydrogen-bond donors (Lipinski definition) is 1. The number of carbonyl (C=O) groups excluding carboxylic acids is 1. The van der Waals surface area contributed by atoms with Crippen molar-refractivity contribution in [2.45, 2.75) is 38.3 Å². The molecule has 14 heavy (non-hydrogen) atoms. The molecule has 1 unspecified atom stereocenters. The van der Waals surface area contributed by atoms with Gasteiger partial charge in [0.1, 0.15) is 0 Å². The first-order chi connectivity index (χ1) is 6.45. The van der Waals surface area contributed by atoms with Gasteiger partial charge in [-0.25, -0.2) is 0 Å². The molecule has 82 valence electrons. The quantitative estimate of drug-likeness (QED) is 0.671. The Balaban J connectivity index is 2.56. The Morgan fingerprint density at radius 2 is 2.29 bits per heavy atom.